The summed E-state index contributed by atoms with van der Waals surface area (Å²) in [7, 11) is 1.63. The first-order valence-corrected chi connectivity index (χ1v) is 8.30. The number of halogens is 1. The van der Waals surface area contributed by atoms with E-state index in [1.165, 1.54) is 25.5 Å². The molecule has 6 heteroatoms. The lowest BCUT2D eigenvalue weighted by atomic mass is 9.84. The first-order chi connectivity index (χ1) is 8.00. The number of hydrogen-bond acceptors (Lipinski definition) is 3. The maximum absolute atomic E-state index is 11.2. The zero-order valence-electron chi connectivity index (χ0n) is 9.84. The highest BCUT2D eigenvalue weighted by Gasteiger charge is 2.23. The normalized spacial score (nSPS) is 26.0. The summed E-state index contributed by atoms with van der Waals surface area (Å²) in [4.78, 5) is 0.0952. The molecule has 0 spiro atoms. The van der Waals surface area contributed by atoms with Crippen LogP contribution < -0.4 is 0 Å². The van der Waals surface area contributed by atoms with Crippen molar-refractivity contribution in [1.82, 2.24) is 9.78 Å². The van der Waals surface area contributed by atoms with Gasteiger partial charge in [0, 0.05) is 16.9 Å². The van der Waals surface area contributed by atoms with Crippen molar-refractivity contribution in [3.8, 4) is 0 Å². The van der Waals surface area contributed by atoms with Gasteiger partial charge >= 0.3 is 0 Å². The van der Waals surface area contributed by atoms with Gasteiger partial charge in [0.1, 0.15) is 4.90 Å². The van der Waals surface area contributed by atoms with Gasteiger partial charge in [-0.05, 0) is 18.8 Å². The van der Waals surface area contributed by atoms with Crippen molar-refractivity contribution >= 4 is 19.7 Å². The Hall–Kier alpha value is -0.550. The molecule has 96 valence electrons. The van der Waals surface area contributed by atoms with Crippen LogP contribution in [0.2, 0.25) is 0 Å². The molecule has 0 amide bonds. The first kappa shape index (κ1) is 12.9. The Labute approximate surface area is 106 Å². The third-order valence-corrected chi connectivity index (χ3v) is 4.87. The van der Waals surface area contributed by atoms with E-state index in [1.54, 1.807) is 10.9 Å². The van der Waals surface area contributed by atoms with E-state index in [9.17, 15) is 8.42 Å². The van der Waals surface area contributed by atoms with Crippen LogP contribution in [-0.4, -0.2) is 18.2 Å². The minimum atomic E-state index is -3.65. The second-order valence-electron chi connectivity index (χ2n) is 4.69. The molecule has 0 bridgehead atoms. The minimum Gasteiger partial charge on any atom is -0.268 e. The largest absolute Gasteiger partial charge is 0.268 e. The topological polar surface area (TPSA) is 52.0 Å². The molecule has 1 heterocycles. The Kier molecular flexibility index (Phi) is 3.78. The fourth-order valence-electron chi connectivity index (χ4n) is 2.52. The summed E-state index contributed by atoms with van der Waals surface area (Å²) >= 11 is 0. The highest BCUT2D eigenvalue weighted by atomic mass is 35.7. The van der Waals surface area contributed by atoms with E-state index in [0.717, 1.165) is 18.8 Å². The van der Waals surface area contributed by atoms with Crippen LogP contribution in [0.25, 0.3) is 0 Å². The standard InChI is InChI=1S/C11H17ClN2O2S/c1-2-9-4-3-5-10(6-9)14-8-11(7-13-14)17(12,15)16/h7-10H,2-6H2,1H3. The molecule has 1 aromatic heterocycles. The fraction of sp³-hybridized carbons (Fsp3) is 0.727. The maximum atomic E-state index is 11.2. The van der Waals surface area contributed by atoms with Gasteiger partial charge in [0.15, 0.2) is 0 Å². The van der Waals surface area contributed by atoms with Crippen LogP contribution >= 0.6 is 10.7 Å². The summed E-state index contributed by atoms with van der Waals surface area (Å²) in [6.45, 7) is 2.20. The number of nitrogens with zero attached hydrogens (tertiary/aromatic N) is 2. The van der Waals surface area contributed by atoms with Crippen molar-refractivity contribution in [3.63, 3.8) is 0 Å². The van der Waals surface area contributed by atoms with Crippen molar-refractivity contribution < 1.29 is 8.42 Å². The summed E-state index contributed by atoms with van der Waals surface area (Å²) in [5, 5.41) is 4.13. The van der Waals surface area contributed by atoms with Crippen molar-refractivity contribution in [1.29, 1.82) is 0 Å². The van der Waals surface area contributed by atoms with Gasteiger partial charge in [-0.15, -0.1) is 0 Å². The van der Waals surface area contributed by atoms with E-state index in [-0.39, 0.29) is 4.90 Å². The third-order valence-electron chi connectivity index (χ3n) is 3.57. The van der Waals surface area contributed by atoms with Gasteiger partial charge in [-0.2, -0.15) is 5.10 Å². The number of aromatic nitrogens is 2. The van der Waals surface area contributed by atoms with Crippen LogP contribution in [0.1, 0.15) is 45.1 Å². The van der Waals surface area contributed by atoms with Gasteiger partial charge in [-0.3, -0.25) is 4.68 Å². The lowest BCUT2D eigenvalue weighted by Crippen LogP contribution is -2.19. The molecule has 2 atom stereocenters. The van der Waals surface area contributed by atoms with Crippen LogP contribution in [-0.2, 0) is 9.05 Å². The van der Waals surface area contributed by atoms with Crippen LogP contribution in [0.3, 0.4) is 0 Å². The molecule has 0 saturated heterocycles. The molecule has 1 saturated carbocycles. The Morgan fingerprint density at radius 2 is 2.29 bits per heavy atom. The van der Waals surface area contributed by atoms with Gasteiger partial charge in [0.05, 0.1) is 12.2 Å². The molecule has 2 rings (SSSR count). The zero-order valence-corrected chi connectivity index (χ0v) is 11.4. The highest BCUT2D eigenvalue weighted by Crippen LogP contribution is 2.34. The second-order valence-corrected chi connectivity index (χ2v) is 7.25. The number of rotatable bonds is 3. The molecule has 0 aromatic carbocycles. The Morgan fingerprint density at radius 3 is 2.88 bits per heavy atom. The van der Waals surface area contributed by atoms with Crippen molar-refractivity contribution in [2.45, 2.75) is 50.0 Å². The second kappa shape index (κ2) is 4.98. The van der Waals surface area contributed by atoms with E-state index >= 15 is 0 Å². The molecule has 1 aliphatic carbocycles. The lowest BCUT2D eigenvalue weighted by molar-refractivity contribution is 0.247. The number of hydrogen-bond donors (Lipinski definition) is 0. The monoisotopic (exact) mass is 276 g/mol. The Bertz CT molecular complexity index is 483. The van der Waals surface area contributed by atoms with Gasteiger partial charge in [-0.1, -0.05) is 26.2 Å². The first-order valence-electron chi connectivity index (χ1n) is 5.99. The summed E-state index contributed by atoms with van der Waals surface area (Å²) < 4.78 is 24.1. The molecule has 0 N–H and O–H groups in total. The summed E-state index contributed by atoms with van der Waals surface area (Å²) in [6, 6.07) is 0.320. The smallest absolute Gasteiger partial charge is 0.264 e. The van der Waals surface area contributed by atoms with E-state index < -0.39 is 9.05 Å². The van der Waals surface area contributed by atoms with Gasteiger partial charge in [0.25, 0.3) is 9.05 Å². The van der Waals surface area contributed by atoms with Crippen LogP contribution in [0.5, 0.6) is 0 Å². The average molecular weight is 277 g/mol. The fourth-order valence-corrected chi connectivity index (χ4v) is 3.17. The predicted octanol–water partition coefficient (Wildman–Crippen LogP) is 2.95. The molecule has 1 fully saturated rings. The molecule has 17 heavy (non-hydrogen) atoms. The highest BCUT2D eigenvalue weighted by molar-refractivity contribution is 8.13. The van der Waals surface area contributed by atoms with Crippen LogP contribution in [0.4, 0.5) is 0 Å². The zero-order chi connectivity index (χ0) is 12.5. The minimum absolute atomic E-state index is 0.0952. The van der Waals surface area contributed by atoms with Crippen molar-refractivity contribution in [2.24, 2.45) is 5.92 Å². The van der Waals surface area contributed by atoms with Crippen LogP contribution in [0.15, 0.2) is 17.3 Å². The molecular weight excluding hydrogens is 260 g/mol. The predicted molar refractivity (Wildman–Crippen MR) is 66.6 cm³/mol. The third kappa shape index (κ3) is 3.01. The average Bonchev–Trinajstić information content (AvgIpc) is 2.78. The molecule has 1 aliphatic rings. The van der Waals surface area contributed by atoms with Gasteiger partial charge in [-0.25, -0.2) is 8.42 Å². The van der Waals surface area contributed by atoms with Gasteiger partial charge in [0.2, 0.25) is 0 Å². The molecule has 2 unspecified atom stereocenters. The SMILES string of the molecule is CCC1CCCC(n2cc(S(=O)(=O)Cl)cn2)C1. The summed E-state index contributed by atoms with van der Waals surface area (Å²) in [5.41, 5.74) is 0. The summed E-state index contributed by atoms with van der Waals surface area (Å²) in [6.07, 6.45) is 8.67. The van der Waals surface area contributed by atoms with Gasteiger partial charge < -0.3 is 0 Å². The quantitative estimate of drug-likeness (QED) is 0.798. The van der Waals surface area contributed by atoms with E-state index in [1.807, 2.05) is 0 Å². The molecular formula is C11H17ClN2O2S. The Morgan fingerprint density at radius 1 is 1.53 bits per heavy atom. The van der Waals surface area contributed by atoms with E-state index in [4.69, 9.17) is 10.7 Å². The van der Waals surface area contributed by atoms with Crippen molar-refractivity contribution in [2.75, 3.05) is 0 Å². The maximum Gasteiger partial charge on any atom is 0.264 e. The van der Waals surface area contributed by atoms with E-state index in [2.05, 4.69) is 12.0 Å². The Balaban J connectivity index is 2.15. The van der Waals surface area contributed by atoms with Crippen LogP contribution in [0, 0.1) is 5.92 Å². The molecule has 0 aliphatic heterocycles. The van der Waals surface area contributed by atoms with E-state index in [0.29, 0.717) is 6.04 Å². The summed E-state index contributed by atoms with van der Waals surface area (Å²) in [5.74, 6) is 0.731. The molecule has 0 radical (unpaired) electrons. The van der Waals surface area contributed by atoms with Crippen molar-refractivity contribution in [3.05, 3.63) is 12.4 Å². The molecule has 1 aromatic rings. The molecule has 4 nitrogen and oxygen atoms in total. The lowest BCUT2D eigenvalue weighted by Gasteiger charge is -2.28.